The second kappa shape index (κ2) is 12.5. The Balaban J connectivity index is 0.000000439. The Morgan fingerprint density at radius 2 is 1.10 bits per heavy atom. The summed E-state index contributed by atoms with van der Waals surface area (Å²) in [6.07, 6.45) is 0.551. The number of aryl methyl sites for hydroxylation is 2. The van der Waals surface area contributed by atoms with Crippen molar-refractivity contribution >= 4 is 26.2 Å². The largest absolute Gasteiger partial charge is 0.480 e. The summed E-state index contributed by atoms with van der Waals surface area (Å²) in [5.74, 6) is -0.556. The number of benzene rings is 2. The third-order valence-corrected chi connectivity index (χ3v) is 5.42. The quantitative estimate of drug-likeness (QED) is 0.474. The van der Waals surface area contributed by atoms with E-state index in [-0.39, 0.29) is 9.79 Å². The Labute approximate surface area is 183 Å². The van der Waals surface area contributed by atoms with Gasteiger partial charge in [-0.05, 0) is 50.5 Å². The molecule has 0 amide bonds. The molecule has 0 aromatic heterocycles. The number of nitrogens with two attached hydrogens (primary N) is 1. The van der Waals surface area contributed by atoms with Crippen LogP contribution < -0.4 is 5.73 Å². The molecular formula is C20H29NO8S2. The van der Waals surface area contributed by atoms with Crippen LogP contribution >= 0.6 is 0 Å². The first-order valence-corrected chi connectivity index (χ1v) is 12.0. The molecule has 2 aromatic rings. The van der Waals surface area contributed by atoms with Gasteiger partial charge in [-0.1, -0.05) is 49.2 Å². The average molecular weight is 476 g/mol. The molecule has 31 heavy (non-hydrogen) atoms. The SMILES string of the molecule is CC(C)C[C@H](N)C(=O)O.Cc1ccc(S(=O)(=O)O)cc1.Cc1ccc(S(=O)(=O)O)cc1. The van der Waals surface area contributed by atoms with Crippen LogP contribution in [0.15, 0.2) is 58.3 Å². The van der Waals surface area contributed by atoms with Crippen molar-refractivity contribution in [2.75, 3.05) is 0 Å². The number of rotatable bonds is 5. The molecular weight excluding hydrogens is 446 g/mol. The van der Waals surface area contributed by atoms with Crippen molar-refractivity contribution in [1.82, 2.24) is 0 Å². The lowest BCUT2D eigenvalue weighted by Crippen LogP contribution is -2.31. The minimum atomic E-state index is -4.02. The zero-order chi connectivity index (χ0) is 24.4. The third-order valence-electron chi connectivity index (χ3n) is 3.68. The minimum Gasteiger partial charge on any atom is -0.480 e. The Bertz CT molecular complexity index is 956. The molecule has 0 aliphatic heterocycles. The Morgan fingerprint density at radius 1 is 0.806 bits per heavy atom. The molecule has 11 heteroatoms. The van der Waals surface area contributed by atoms with Gasteiger partial charge in [0.05, 0.1) is 9.79 Å². The predicted octanol–water partition coefficient (Wildman–Crippen LogP) is 2.93. The number of hydrogen-bond acceptors (Lipinski definition) is 6. The fourth-order valence-corrected chi connectivity index (χ4v) is 2.99. The van der Waals surface area contributed by atoms with Crippen LogP contribution in [0.25, 0.3) is 0 Å². The van der Waals surface area contributed by atoms with Crippen molar-refractivity contribution in [3.05, 3.63) is 59.7 Å². The Morgan fingerprint density at radius 3 is 1.26 bits per heavy atom. The lowest BCUT2D eigenvalue weighted by atomic mass is 10.1. The zero-order valence-electron chi connectivity index (χ0n) is 17.8. The summed E-state index contributed by atoms with van der Waals surface area (Å²) in [7, 11) is -8.04. The molecule has 9 nitrogen and oxygen atoms in total. The standard InChI is InChI=1S/2C7H8O3S.C6H13NO2/c2*1-6-2-4-7(5-3-6)11(8,9)10;1-4(2)3-5(7)6(8)9/h2*2-5H,1H3,(H,8,9,10);4-5H,3,7H2,1-2H3,(H,8,9)/t;;5-/m..0/s1. The van der Waals surface area contributed by atoms with Gasteiger partial charge in [-0.3, -0.25) is 13.9 Å². The molecule has 2 rings (SSSR count). The van der Waals surface area contributed by atoms with Gasteiger partial charge in [0.1, 0.15) is 6.04 Å². The van der Waals surface area contributed by atoms with Crippen LogP contribution in [0.1, 0.15) is 31.4 Å². The maximum absolute atomic E-state index is 10.5. The topological polar surface area (TPSA) is 172 Å². The van der Waals surface area contributed by atoms with Gasteiger partial charge in [0, 0.05) is 0 Å². The van der Waals surface area contributed by atoms with E-state index in [4.69, 9.17) is 19.9 Å². The van der Waals surface area contributed by atoms with E-state index in [9.17, 15) is 21.6 Å². The second-order valence-corrected chi connectivity index (χ2v) is 9.99. The second-order valence-electron chi connectivity index (χ2n) is 7.15. The maximum atomic E-state index is 10.5. The summed E-state index contributed by atoms with van der Waals surface area (Å²) < 4.78 is 59.1. The molecule has 0 heterocycles. The minimum absolute atomic E-state index is 0.0666. The number of carboxylic acid groups (broad SMARTS) is 1. The van der Waals surface area contributed by atoms with Crippen molar-refractivity contribution in [2.45, 2.75) is 49.9 Å². The van der Waals surface area contributed by atoms with Gasteiger partial charge in [-0.2, -0.15) is 16.8 Å². The molecule has 174 valence electrons. The maximum Gasteiger partial charge on any atom is 0.320 e. The van der Waals surface area contributed by atoms with Crippen LogP contribution in [0.3, 0.4) is 0 Å². The first-order valence-electron chi connectivity index (χ1n) is 9.10. The molecule has 0 spiro atoms. The summed E-state index contributed by atoms with van der Waals surface area (Å²) in [6, 6.07) is 11.3. The summed E-state index contributed by atoms with van der Waals surface area (Å²) in [6.45, 7) is 7.58. The van der Waals surface area contributed by atoms with Crippen molar-refractivity contribution in [1.29, 1.82) is 0 Å². The third kappa shape index (κ3) is 12.9. The average Bonchev–Trinajstić information content (AvgIpc) is 2.61. The fourth-order valence-electron chi connectivity index (χ4n) is 2.03. The highest BCUT2D eigenvalue weighted by Crippen LogP contribution is 2.09. The van der Waals surface area contributed by atoms with E-state index in [1.807, 2.05) is 27.7 Å². The number of hydrogen-bond donors (Lipinski definition) is 4. The van der Waals surface area contributed by atoms with Crippen molar-refractivity contribution in [3.8, 4) is 0 Å². The van der Waals surface area contributed by atoms with Gasteiger partial charge in [0.15, 0.2) is 0 Å². The number of carboxylic acids is 1. The lowest BCUT2D eigenvalue weighted by molar-refractivity contribution is -0.138. The molecule has 2 aromatic carbocycles. The van der Waals surface area contributed by atoms with E-state index >= 15 is 0 Å². The number of carbonyl (C=O) groups is 1. The molecule has 0 aliphatic carbocycles. The molecule has 0 fully saturated rings. The normalized spacial score (nSPS) is 12.1. The van der Waals surface area contributed by atoms with Gasteiger partial charge < -0.3 is 10.8 Å². The van der Waals surface area contributed by atoms with Gasteiger partial charge >= 0.3 is 5.97 Å². The van der Waals surface area contributed by atoms with Crippen LogP contribution in [0, 0.1) is 19.8 Å². The molecule has 1 atom stereocenters. The predicted molar refractivity (Wildman–Crippen MR) is 117 cm³/mol. The van der Waals surface area contributed by atoms with Gasteiger partial charge in [-0.25, -0.2) is 0 Å². The number of aliphatic carboxylic acids is 1. The van der Waals surface area contributed by atoms with Gasteiger partial charge in [0.2, 0.25) is 0 Å². The van der Waals surface area contributed by atoms with E-state index in [0.29, 0.717) is 12.3 Å². The molecule has 0 saturated carbocycles. The fraction of sp³-hybridized carbons (Fsp3) is 0.350. The summed E-state index contributed by atoms with van der Waals surface area (Å²) in [5.41, 5.74) is 7.13. The molecule has 0 aliphatic rings. The monoisotopic (exact) mass is 475 g/mol. The summed E-state index contributed by atoms with van der Waals surface area (Å²) >= 11 is 0. The van der Waals surface area contributed by atoms with Crippen LogP contribution in [0.4, 0.5) is 0 Å². The van der Waals surface area contributed by atoms with E-state index in [2.05, 4.69) is 0 Å². The Kier molecular flexibility index (Phi) is 11.6. The highest BCUT2D eigenvalue weighted by Gasteiger charge is 2.12. The van der Waals surface area contributed by atoms with Crippen molar-refractivity contribution in [3.63, 3.8) is 0 Å². The zero-order valence-corrected chi connectivity index (χ0v) is 19.4. The van der Waals surface area contributed by atoms with Crippen LogP contribution in [-0.2, 0) is 25.0 Å². The smallest absolute Gasteiger partial charge is 0.320 e. The lowest BCUT2D eigenvalue weighted by Gasteiger charge is -2.07. The van der Waals surface area contributed by atoms with E-state index in [1.54, 1.807) is 24.3 Å². The van der Waals surface area contributed by atoms with Gasteiger partial charge in [0.25, 0.3) is 20.2 Å². The van der Waals surface area contributed by atoms with Crippen LogP contribution in [0.2, 0.25) is 0 Å². The highest BCUT2D eigenvalue weighted by atomic mass is 32.2. The van der Waals surface area contributed by atoms with Crippen molar-refractivity contribution < 1.29 is 35.8 Å². The first-order chi connectivity index (χ1) is 14.0. The summed E-state index contributed by atoms with van der Waals surface area (Å²) in [5, 5.41) is 8.31. The van der Waals surface area contributed by atoms with E-state index in [0.717, 1.165) is 11.1 Å². The van der Waals surface area contributed by atoms with Gasteiger partial charge in [-0.15, -0.1) is 0 Å². The molecule has 0 bridgehead atoms. The van der Waals surface area contributed by atoms with E-state index < -0.39 is 32.2 Å². The highest BCUT2D eigenvalue weighted by molar-refractivity contribution is 7.86. The first kappa shape index (κ1) is 28.7. The molecule has 5 N–H and O–H groups in total. The molecule has 0 saturated heterocycles. The molecule has 0 radical (unpaired) electrons. The van der Waals surface area contributed by atoms with Crippen LogP contribution in [0.5, 0.6) is 0 Å². The van der Waals surface area contributed by atoms with Crippen LogP contribution in [-0.4, -0.2) is 43.1 Å². The van der Waals surface area contributed by atoms with Crippen molar-refractivity contribution in [2.24, 2.45) is 11.7 Å². The summed E-state index contributed by atoms with van der Waals surface area (Å²) in [4.78, 5) is 9.98. The molecule has 0 unspecified atom stereocenters. The van der Waals surface area contributed by atoms with E-state index in [1.165, 1.54) is 24.3 Å². The Hall–Kier alpha value is -2.31.